The quantitative estimate of drug-likeness (QED) is 0.426. The number of nitrogens with one attached hydrogen (secondary N) is 1. The molecule has 0 unspecified atom stereocenters. The number of nitro benzene ring substituents is 1. The van der Waals surface area contributed by atoms with Gasteiger partial charge < -0.3 is 5.32 Å². The van der Waals surface area contributed by atoms with Crippen molar-refractivity contribution in [2.24, 2.45) is 0 Å². The Morgan fingerprint density at radius 2 is 1.85 bits per heavy atom. The average molecular weight is 362 g/mol. The van der Waals surface area contributed by atoms with Crippen LogP contribution in [0.5, 0.6) is 0 Å². The maximum Gasteiger partial charge on any atom is 0.269 e. The monoisotopic (exact) mass is 362 g/mol. The molecule has 2 aromatic carbocycles. The van der Waals surface area contributed by atoms with Gasteiger partial charge in [0, 0.05) is 29.4 Å². The van der Waals surface area contributed by atoms with Crippen LogP contribution in [0.25, 0.3) is 0 Å². The zero-order chi connectivity index (χ0) is 19.4. The summed E-state index contributed by atoms with van der Waals surface area (Å²) in [5.74, 6) is -0.179. The fraction of sp³-hybridized carbons (Fsp3) is 0.143. The van der Waals surface area contributed by atoms with E-state index in [1.54, 1.807) is 24.4 Å². The number of amides is 1. The molecule has 0 aliphatic carbocycles. The second kappa shape index (κ2) is 7.78. The molecule has 1 amide bonds. The van der Waals surface area contributed by atoms with Crippen LogP contribution in [-0.4, -0.2) is 10.8 Å². The zero-order valence-corrected chi connectivity index (χ0v) is 15.2. The minimum atomic E-state index is -0.421. The standard InChI is InChI=1S/C21H19N3O3/c1-15-5-6-16(2)20(12-15)22-21(25)18-4-3-11-23(14-18)13-17-7-9-19(10-8-17)24(26)27/h3-12,14H,13H2,1-2H3/p+1. The van der Waals surface area contributed by atoms with Crippen LogP contribution in [0.3, 0.4) is 0 Å². The fourth-order valence-corrected chi connectivity index (χ4v) is 2.75. The number of non-ortho nitro benzene ring substituents is 1. The molecule has 3 rings (SSSR count). The van der Waals surface area contributed by atoms with Gasteiger partial charge in [-0.25, -0.2) is 0 Å². The molecule has 27 heavy (non-hydrogen) atoms. The molecule has 6 nitrogen and oxygen atoms in total. The third kappa shape index (κ3) is 4.55. The van der Waals surface area contributed by atoms with Crippen molar-refractivity contribution in [1.29, 1.82) is 0 Å². The number of rotatable bonds is 5. The molecule has 136 valence electrons. The number of pyridine rings is 1. The Kier molecular flexibility index (Phi) is 5.26. The predicted molar refractivity (Wildman–Crippen MR) is 103 cm³/mol. The van der Waals surface area contributed by atoms with E-state index in [4.69, 9.17) is 0 Å². The van der Waals surface area contributed by atoms with Crippen molar-refractivity contribution in [2.45, 2.75) is 20.4 Å². The van der Waals surface area contributed by atoms with Crippen molar-refractivity contribution in [3.05, 3.63) is 99.4 Å². The third-order valence-electron chi connectivity index (χ3n) is 4.27. The summed E-state index contributed by atoms with van der Waals surface area (Å²) in [7, 11) is 0. The molecule has 0 atom stereocenters. The number of nitro groups is 1. The largest absolute Gasteiger partial charge is 0.322 e. The molecule has 0 aliphatic rings. The SMILES string of the molecule is Cc1ccc(C)c(NC(=O)c2ccc[n+](Cc3ccc([N+](=O)[O-])cc3)c2)c1. The lowest BCUT2D eigenvalue weighted by Gasteiger charge is -2.09. The molecule has 0 fully saturated rings. The molecular weight excluding hydrogens is 342 g/mol. The van der Waals surface area contributed by atoms with Gasteiger partial charge in [0.25, 0.3) is 11.6 Å². The van der Waals surface area contributed by atoms with Crippen molar-refractivity contribution in [3.8, 4) is 0 Å². The van der Waals surface area contributed by atoms with Gasteiger partial charge in [-0.05, 0) is 49.2 Å². The highest BCUT2D eigenvalue weighted by molar-refractivity contribution is 6.04. The van der Waals surface area contributed by atoms with Gasteiger partial charge in [-0.3, -0.25) is 14.9 Å². The average Bonchev–Trinajstić information content (AvgIpc) is 2.65. The van der Waals surface area contributed by atoms with Gasteiger partial charge in [-0.15, -0.1) is 0 Å². The summed E-state index contributed by atoms with van der Waals surface area (Å²) in [5, 5.41) is 13.7. The molecule has 0 bridgehead atoms. The number of nitrogens with zero attached hydrogens (tertiary/aromatic N) is 2. The molecule has 0 radical (unpaired) electrons. The molecule has 0 saturated carbocycles. The number of carbonyl (C=O) groups excluding carboxylic acids is 1. The molecule has 1 heterocycles. The van der Waals surface area contributed by atoms with Gasteiger partial charge in [-0.2, -0.15) is 4.57 Å². The van der Waals surface area contributed by atoms with E-state index in [0.717, 1.165) is 22.4 Å². The molecule has 1 N–H and O–H groups in total. The van der Waals surface area contributed by atoms with Crippen LogP contribution in [0.4, 0.5) is 11.4 Å². The van der Waals surface area contributed by atoms with Crippen molar-refractivity contribution < 1.29 is 14.3 Å². The van der Waals surface area contributed by atoms with Crippen LogP contribution in [0.15, 0.2) is 67.0 Å². The Morgan fingerprint density at radius 3 is 2.56 bits per heavy atom. The fourth-order valence-electron chi connectivity index (χ4n) is 2.75. The Labute approximate surface area is 157 Å². The van der Waals surface area contributed by atoms with Crippen molar-refractivity contribution in [2.75, 3.05) is 5.32 Å². The van der Waals surface area contributed by atoms with Crippen LogP contribution in [-0.2, 0) is 6.54 Å². The van der Waals surface area contributed by atoms with Crippen LogP contribution in [0.1, 0.15) is 27.0 Å². The molecule has 0 spiro atoms. The van der Waals surface area contributed by atoms with Crippen molar-refractivity contribution >= 4 is 17.3 Å². The molecule has 1 aromatic heterocycles. The molecule has 6 heteroatoms. The second-order valence-electron chi connectivity index (χ2n) is 6.46. The number of hydrogen-bond donors (Lipinski definition) is 1. The molecular formula is C21H20N3O3+. The lowest BCUT2D eigenvalue weighted by Crippen LogP contribution is -2.34. The first kappa shape index (κ1) is 18.3. The molecule has 0 aliphatic heterocycles. The Hall–Kier alpha value is -3.54. The van der Waals surface area contributed by atoms with E-state index in [1.807, 2.05) is 48.9 Å². The smallest absolute Gasteiger partial charge is 0.269 e. The minimum Gasteiger partial charge on any atom is -0.322 e. The Morgan fingerprint density at radius 1 is 1.11 bits per heavy atom. The van der Waals surface area contributed by atoms with E-state index in [2.05, 4.69) is 5.32 Å². The minimum absolute atomic E-state index is 0.0606. The zero-order valence-electron chi connectivity index (χ0n) is 15.2. The van der Waals surface area contributed by atoms with E-state index in [1.165, 1.54) is 12.1 Å². The van der Waals surface area contributed by atoms with Crippen molar-refractivity contribution in [1.82, 2.24) is 0 Å². The lowest BCUT2D eigenvalue weighted by atomic mass is 10.1. The van der Waals surface area contributed by atoms with E-state index < -0.39 is 4.92 Å². The van der Waals surface area contributed by atoms with E-state index in [-0.39, 0.29) is 11.6 Å². The van der Waals surface area contributed by atoms with E-state index in [9.17, 15) is 14.9 Å². The van der Waals surface area contributed by atoms with Gasteiger partial charge in [-0.1, -0.05) is 12.1 Å². The maximum atomic E-state index is 12.6. The highest BCUT2D eigenvalue weighted by atomic mass is 16.6. The van der Waals surface area contributed by atoms with E-state index in [0.29, 0.717) is 12.1 Å². The molecule has 3 aromatic rings. The van der Waals surface area contributed by atoms with Crippen LogP contribution in [0.2, 0.25) is 0 Å². The predicted octanol–water partition coefficient (Wildman–Crippen LogP) is 3.80. The summed E-state index contributed by atoms with van der Waals surface area (Å²) in [4.78, 5) is 22.9. The van der Waals surface area contributed by atoms with Gasteiger partial charge in [0.2, 0.25) is 0 Å². The number of hydrogen-bond acceptors (Lipinski definition) is 3. The summed E-state index contributed by atoms with van der Waals surface area (Å²) >= 11 is 0. The normalized spacial score (nSPS) is 10.4. The first-order chi connectivity index (χ1) is 12.9. The summed E-state index contributed by atoms with van der Waals surface area (Å²) in [6.45, 7) is 4.45. The van der Waals surface area contributed by atoms with Gasteiger partial charge in [0.1, 0.15) is 5.56 Å². The second-order valence-corrected chi connectivity index (χ2v) is 6.46. The first-order valence-electron chi connectivity index (χ1n) is 8.53. The summed E-state index contributed by atoms with van der Waals surface area (Å²) in [6.07, 6.45) is 3.62. The van der Waals surface area contributed by atoms with Crippen molar-refractivity contribution in [3.63, 3.8) is 0 Å². The number of aryl methyl sites for hydroxylation is 2. The van der Waals surface area contributed by atoms with Gasteiger partial charge in [0.05, 0.1) is 4.92 Å². The Balaban J connectivity index is 1.75. The first-order valence-corrected chi connectivity index (χ1v) is 8.53. The number of carbonyl (C=O) groups is 1. The Bertz CT molecular complexity index is 998. The van der Waals surface area contributed by atoms with Crippen LogP contribution >= 0.6 is 0 Å². The highest BCUT2D eigenvalue weighted by Gasteiger charge is 2.13. The van der Waals surface area contributed by atoms with Crippen LogP contribution < -0.4 is 9.88 Å². The van der Waals surface area contributed by atoms with Gasteiger partial charge in [0.15, 0.2) is 18.9 Å². The van der Waals surface area contributed by atoms with Gasteiger partial charge >= 0.3 is 0 Å². The van der Waals surface area contributed by atoms with Crippen LogP contribution in [0, 0.1) is 24.0 Å². The third-order valence-corrected chi connectivity index (χ3v) is 4.27. The lowest BCUT2D eigenvalue weighted by molar-refractivity contribution is -0.688. The van der Waals surface area contributed by atoms with E-state index >= 15 is 0 Å². The highest BCUT2D eigenvalue weighted by Crippen LogP contribution is 2.17. The summed E-state index contributed by atoms with van der Waals surface area (Å²) in [6, 6.07) is 15.9. The summed E-state index contributed by atoms with van der Waals surface area (Å²) in [5.41, 5.74) is 4.40. The summed E-state index contributed by atoms with van der Waals surface area (Å²) < 4.78 is 1.87. The maximum absolute atomic E-state index is 12.6. The molecule has 0 saturated heterocycles. The number of anilines is 1. The number of benzene rings is 2. The topological polar surface area (TPSA) is 76.1 Å². The number of aromatic nitrogens is 1.